The van der Waals surface area contributed by atoms with Gasteiger partial charge in [0.25, 0.3) is 0 Å². The van der Waals surface area contributed by atoms with Gasteiger partial charge in [-0.1, -0.05) is 26.2 Å². The van der Waals surface area contributed by atoms with Crippen molar-refractivity contribution in [2.24, 2.45) is 5.41 Å². The quantitative estimate of drug-likeness (QED) is 0.846. The number of thiophene rings is 1. The Morgan fingerprint density at radius 3 is 2.44 bits per heavy atom. The zero-order valence-corrected chi connectivity index (χ0v) is 11.0. The van der Waals surface area contributed by atoms with Crippen LogP contribution in [-0.2, 0) is 12.8 Å². The highest BCUT2D eigenvalue weighted by Gasteiger charge is 2.31. The van der Waals surface area contributed by atoms with Gasteiger partial charge in [-0.2, -0.15) is 0 Å². The second kappa shape index (κ2) is 5.33. The van der Waals surface area contributed by atoms with Gasteiger partial charge in [0.1, 0.15) is 0 Å². The highest BCUT2D eigenvalue weighted by Crippen LogP contribution is 2.40. The summed E-state index contributed by atoms with van der Waals surface area (Å²) < 4.78 is 0. The van der Waals surface area contributed by atoms with Crippen molar-refractivity contribution < 1.29 is 5.11 Å². The van der Waals surface area contributed by atoms with E-state index in [1.165, 1.54) is 41.9 Å². The molecule has 0 amide bonds. The third-order valence-corrected chi connectivity index (χ3v) is 5.09. The molecule has 1 N–H and O–H groups in total. The lowest BCUT2D eigenvalue weighted by Crippen LogP contribution is -2.30. The molecular formula is C14H22OS. The zero-order chi connectivity index (χ0) is 11.4. The Morgan fingerprint density at radius 1 is 1.19 bits per heavy atom. The summed E-state index contributed by atoms with van der Waals surface area (Å²) in [5.41, 5.74) is 0.202. The van der Waals surface area contributed by atoms with E-state index in [9.17, 15) is 5.11 Å². The van der Waals surface area contributed by atoms with E-state index >= 15 is 0 Å². The first-order valence-corrected chi connectivity index (χ1v) is 7.28. The molecule has 0 bridgehead atoms. The maximum atomic E-state index is 9.67. The van der Waals surface area contributed by atoms with Gasteiger partial charge in [0.2, 0.25) is 0 Å². The maximum Gasteiger partial charge on any atom is 0.0490 e. The van der Waals surface area contributed by atoms with E-state index < -0.39 is 0 Å². The lowest BCUT2D eigenvalue weighted by atomic mass is 9.72. The Balaban J connectivity index is 2.05. The van der Waals surface area contributed by atoms with Crippen LogP contribution >= 0.6 is 11.3 Å². The topological polar surface area (TPSA) is 20.2 Å². The molecule has 0 aromatic carbocycles. The Kier molecular flexibility index (Phi) is 4.04. The summed E-state index contributed by atoms with van der Waals surface area (Å²) in [7, 11) is 0. The molecule has 0 aliphatic heterocycles. The van der Waals surface area contributed by atoms with Gasteiger partial charge in [0, 0.05) is 16.4 Å². The van der Waals surface area contributed by atoms with Gasteiger partial charge in [-0.25, -0.2) is 0 Å². The molecule has 1 aliphatic rings. The fourth-order valence-corrected chi connectivity index (χ4v) is 3.90. The largest absolute Gasteiger partial charge is 0.396 e. The van der Waals surface area contributed by atoms with Crippen molar-refractivity contribution in [3.05, 3.63) is 21.9 Å². The Labute approximate surface area is 103 Å². The Morgan fingerprint density at radius 2 is 1.88 bits per heavy atom. The second-order valence-electron chi connectivity index (χ2n) is 5.12. The van der Waals surface area contributed by atoms with E-state index in [4.69, 9.17) is 0 Å². The molecule has 1 fully saturated rings. The SMILES string of the molecule is CCc1ccc(CC2(CO)CCCCC2)s1. The van der Waals surface area contributed by atoms with Gasteiger partial charge in [-0.3, -0.25) is 0 Å². The van der Waals surface area contributed by atoms with Gasteiger partial charge >= 0.3 is 0 Å². The molecule has 1 saturated carbocycles. The van der Waals surface area contributed by atoms with Crippen LogP contribution in [0.25, 0.3) is 0 Å². The summed E-state index contributed by atoms with van der Waals surface area (Å²) in [5, 5.41) is 9.67. The van der Waals surface area contributed by atoms with Gasteiger partial charge in [-0.05, 0) is 43.2 Å². The molecule has 0 saturated heterocycles. The first-order valence-electron chi connectivity index (χ1n) is 6.46. The fourth-order valence-electron chi connectivity index (χ4n) is 2.77. The van der Waals surface area contributed by atoms with E-state index in [1.807, 2.05) is 11.3 Å². The molecule has 16 heavy (non-hydrogen) atoms. The number of hydrogen-bond donors (Lipinski definition) is 1. The van der Waals surface area contributed by atoms with Crippen LogP contribution in [0, 0.1) is 5.41 Å². The van der Waals surface area contributed by atoms with Gasteiger partial charge in [0.05, 0.1) is 0 Å². The van der Waals surface area contributed by atoms with Crippen molar-refractivity contribution in [1.82, 2.24) is 0 Å². The van der Waals surface area contributed by atoms with E-state index in [2.05, 4.69) is 19.1 Å². The van der Waals surface area contributed by atoms with Crippen molar-refractivity contribution in [1.29, 1.82) is 0 Å². The Hall–Kier alpha value is -0.340. The lowest BCUT2D eigenvalue weighted by molar-refractivity contribution is 0.0831. The molecule has 0 unspecified atom stereocenters. The number of aliphatic hydroxyl groups is 1. The summed E-state index contributed by atoms with van der Waals surface area (Å²) >= 11 is 1.93. The minimum Gasteiger partial charge on any atom is -0.396 e. The van der Waals surface area contributed by atoms with Crippen molar-refractivity contribution in [2.75, 3.05) is 6.61 Å². The number of aryl methyl sites for hydroxylation is 1. The summed E-state index contributed by atoms with van der Waals surface area (Å²) in [6, 6.07) is 4.50. The van der Waals surface area contributed by atoms with Crippen molar-refractivity contribution in [3.63, 3.8) is 0 Å². The van der Waals surface area contributed by atoms with E-state index in [0.29, 0.717) is 6.61 Å². The molecule has 0 atom stereocenters. The smallest absolute Gasteiger partial charge is 0.0490 e. The summed E-state index contributed by atoms with van der Waals surface area (Å²) in [6.07, 6.45) is 8.60. The summed E-state index contributed by atoms with van der Waals surface area (Å²) in [4.78, 5) is 2.94. The van der Waals surface area contributed by atoms with Crippen molar-refractivity contribution in [3.8, 4) is 0 Å². The molecule has 2 rings (SSSR count). The summed E-state index contributed by atoms with van der Waals surface area (Å²) in [5.74, 6) is 0. The molecule has 1 heterocycles. The average Bonchev–Trinajstić information content (AvgIpc) is 2.78. The normalized spacial score (nSPS) is 19.9. The molecule has 2 heteroatoms. The maximum absolute atomic E-state index is 9.67. The van der Waals surface area contributed by atoms with Crippen LogP contribution in [0.5, 0.6) is 0 Å². The van der Waals surface area contributed by atoms with Crippen LogP contribution in [0.15, 0.2) is 12.1 Å². The van der Waals surface area contributed by atoms with Crippen molar-refractivity contribution in [2.45, 2.75) is 51.9 Å². The highest BCUT2D eigenvalue weighted by molar-refractivity contribution is 7.11. The summed E-state index contributed by atoms with van der Waals surface area (Å²) in [6.45, 7) is 2.57. The van der Waals surface area contributed by atoms with Crippen LogP contribution in [0.2, 0.25) is 0 Å². The molecule has 90 valence electrons. The van der Waals surface area contributed by atoms with Gasteiger partial charge in [-0.15, -0.1) is 11.3 Å². The van der Waals surface area contributed by atoms with E-state index in [1.54, 1.807) is 0 Å². The minimum atomic E-state index is 0.202. The average molecular weight is 238 g/mol. The molecule has 1 aliphatic carbocycles. The standard InChI is InChI=1S/C14H22OS/c1-2-12-6-7-13(16-12)10-14(11-15)8-4-3-5-9-14/h6-7,15H,2-5,8-11H2,1H3. The lowest BCUT2D eigenvalue weighted by Gasteiger charge is -2.35. The molecule has 1 aromatic heterocycles. The van der Waals surface area contributed by atoms with Crippen LogP contribution in [0.4, 0.5) is 0 Å². The first kappa shape index (κ1) is 12.1. The second-order valence-corrected chi connectivity index (χ2v) is 6.37. The highest BCUT2D eigenvalue weighted by atomic mass is 32.1. The third-order valence-electron chi connectivity index (χ3n) is 3.86. The molecule has 0 spiro atoms. The molecule has 1 nitrogen and oxygen atoms in total. The van der Waals surface area contributed by atoms with Crippen LogP contribution < -0.4 is 0 Å². The number of hydrogen-bond acceptors (Lipinski definition) is 2. The molecule has 0 radical (unpaired) electrons. The van der Waals surface area contributed by atoms with Crippen LogP contribution in [0.3, 0.4) is 0 Å². The van der Waals surface area contributed by atoms with Crippen LogP contribution in [0.1, 0.15) is 48.8 Å². The zero-order valence-electron chi connectivity index (χ0n) is 10.2. The fraction of sp³-hybridized carbons (Fsp3) is 0.714. The number of rotatable bonds is 4. The van der Waals surface area contributed by atoms with Crippen molar-refractivity contribution >= 4 is 11.3 Å². The monoisotopic (exact) mass is 238 g/mol. The minimum absolute atomic E-state index is 0.202. The first-order chi connectivity index (χ1) is 7.78. The van der Waals surface area contributed by atoms with E-state index in [-0.39, 0.29) is 5.41 Å². The van der Waals surface area contributed by atoms with E-state index in [0.717, 1.165) is 12.8 Å². The molecule has 1 aromatic rings. The predicted molar refractivity (Wildman–Crippen MR) is 70.0 cm³/mol. The van der Waals surface area contributed by atoms with Crippen LogP contribution in [-0.4, -0.2) is 11.7 Å². The number of aliphatic hydroxyl groups excluding tert-OH is 1. The predicted octanol–water partition coefficient (Wildman–Crippen LogP) is 3.80. The van der Waals surface area contributed by atoms with Gasteiger partial charge in [0.15, 0.2) is 0 Å². The third kappa shape index (κ3) is 2.67. The Bertz CT molecular complexity index is 323. The molecular weight excluding hydrogens is 216 g/mol. The van der Waals surface area contributed by atoms with Gasteiger partial charge < -0.3 is 5.11 Å².